The van der Waals surface area contributed by atoms with Crippen molar-refractivity contribution in [2.24, 2.45) is 0 Å². The van der Waals surface area contributed by atoms with Gasteiger partial charge in [0.25, 0.3) is 0 Å². The second-order valence-electron chi connectivity index (χ2n) is 3.24. The minimum absolute atomic E-state index is 0.750. The number of carbonyl (C=O) groups is 1. The van der Waals surface area contributed by atoms with E-state index in [4.69, 9.17) is 0 Å². The van der Waals surface area contributed by atoms with Crippen molar-refractivity contribution in [1.29, 1.82) is 0 Å². The molecule has 0 aromatic rings. The van der Waals surface area contributed by atoms with Crippen molar-refractivity contribution in [3.63, 3.8) is 0 Å². The Morgan fingerprint density at radius 1 is 1.27 bits per heavy atom. The molecule has 0 amide bonds. The molecule has 0 rings (SSSR count). The first-order valence-corrected chi connectivity index (χ1v) is 4.95. The third-order valence-corrected chi connectivity index (χ3v) is 1.38. The van der Waals surface area contributed by atoms with Gasteiger partial charge in [-0.3, -0.25) is 0 Å². The van der Waals surface area contributed by atoms with Gasteiger partial charge in [0.05, 0.1) is 6.26 Å². The van der Waals surface area contributed by atoms with Crippen LogP contribution >= 0.6 is 0 Å². The summed E-state index contributed by atoms with van der Waals surface area (Å²) in [5.74, 6) is 0. The van der Waals surface area contributed by atoms with Crippen LogP contribution in [0, 0.1) is 0 Å². The summed E-state index contributed by atoms with van der Waals surface area (Å²) < 4.78 is 25.6. The minimum atomic E-state index is -3.70. The number of ether oxygens (including phenoxy) is 1. The van der Waals surface area contributed by atoms with Crippen LogP contribution < -0.4 is 0 Å². The molecule has 11 heavy (non-hydrogen) atoms. The molecule has 5 heteroatoms. The molecule has 0 atom stereocenters. The van der Waals surface area contributed by atoms with Crippen LogP contribution in [0.5, 0.6) is 0 Å². The Labute approximate surface area is 66.5 Å². The van der Waals surface area contributed by atoms with Gasteiger partial charge in [0.2, 0.25) is 9.84 Å². The number of sulfone groups is 1. The van der Waals surface area contributed by atoms with Gasteiger partial charge >= 0.3 is 5.30 Å². The lowest BCUT2D eigenvalue weighted by atomic mass is 10.2. The van der Waals surface area contributed by atoms with E-state index in [1.165, 1.54) is 0 Å². The molecule has 0 aliphatic carbocycles. The zero-order valence-electron chi connectivity index (χ0n) is 7.04. The molecule has 0 aliphatic heterocycles. The molecule has 0 aliphatic rings. The molecule has 0 fully saturated rings. The molecule has 0 saturated carbocycles. The first-order chi connectivity index (χ1) is 4.63. The van der Waals surface area contributed by atoms with Crippen molar-refractivity contribution in [1.82, 2.24) is 0 Å². The van der Waals surface area contributed by atoms with E-state index in [-0.39, 0.29) is 0 Å². The number of hydrogen-bond donors (Lipinski definition) is 0. The Kier molecular flexibility index (Phi) is 2.66. The van der Waals surface area contributed by atoms with Crippen molar-refractivity contribution >= 4 is 15.1 Å². The number of hydrogen-bond acceptors (Lipinski definition) is 4. The van der Waals surface area contributed by atoms with Gasteiger partial charge in [-0.1, -0.05) is 0 Å². The Morgan fingerprint density at radius 2 is 1.64 bits per heavy atom. The second-order valence-corrected chi connectivity index (χ2v) is 5.11. The third-order valence-electron chi connectivity index (χ3n) is 0.692. The molecule has 0 aromatic carbocycles. The average molecular weight is 180 g/mol. The summed E-state index contributed by atoms with van der Waals surface area (Å²) in [6, 6.07) is 0. The maximum absolute atomic E-state index is 10.7. The van der Waals surface area contributed by atoms with Crippen molar-refractivity contribution in [2.45, 2.75) is 26.4 Å². The number of rotatable bonds is 0. The van der Waals surface area contributed by atoms with E-state index in [0.29, 0.717) is 0 Å². The van der Waals surface area contributed by atoms with Crippen molar-refractivity contribution < 1.29 is 17.9 Å². The van der Waals surface area contributed by atoms with Crippen molar-refractivity contribution in [2.75, 3.05) is 6.26 Å². The highest BCUT2D eigenvalue weighted by molar-refractivity contribution is 8.05. The molecule has 0 saturated heterocycles. The monoisotopic (exact) mass is 180 g/mol. The third kappa shape index (κ3) is 4.78. The molecule has 0 aromatic heterocycles. The highest BCUT2D eigenvalue weighted by atomic mass is 32.2. The van der Waals surface area contributed by atoms with Gasteiger partial charge in [0.15, 0.2) is 0 Å². The SMILES string of the molecule is CC(C)(C)OC(=O)S(C)(=O)=O. The van der Waals surface area contributed by atoms with E-state index in [1.54, 1.807) is 20.8 Å². The van der Waals surface area contributed by atoms with E-state index in [9.17, 15) is 13.2 Å². The summed E-state index contributed by atoms with van der Waals surface area (Å²) in [7, 11) is -3.70. The quantitative estimate of drug-likeness (QED) is 0.521. The van der Waals surface area contributed by atoms with Crippen LogP contribution in [-0.4, -0.2) is 25.6 Å². The van der Waals surface area contributed by atoms with Crippen LogP contribution in [0.4, 0.5) is 4.79 Å². The van der Waals surface area contributed by atoms with Crippen molar-refractivity contribution in [3.8, 4) is 0 Å². The molecule has 0 spiro atoms. The van der Waals surface area contributed by atoms with Crippen LogP contribution in [-0.2, 0) is 14.6 Å². The molecule has 0 bridgehead atoms. The van der Waals surface area contributed by atoms with E-state index in [2.05, 4.69) is 4.74 Å². The Hall–Kier alpha value is -0.580. The summed E-state index contributed by atoms with van der Waals surface area (Å²) in [4.78, 5) is 10.7. The van der Waals surface area contributed by atoms with Gasteiger partial charge < -0.3 is 4.74 Å². The zero-order chi connectivity index (χ0) is 9.28. The van der Waals surface area contributed by atoms with Crippen LogP contribution in [0.15, 0.2) is 0 Å². The van der Waals surface area contributed by atoms with E-state index >= 15 is 0 Å². The van der Waals surface area contributed by atoms with Crippen molar-refractivity contribution in [3.05, 3.63) is 0 Å². The van der Waals surface area contributed by atoms with Crippen LogP contribution in [0.2, 0.25) is 0 Å². The fourth-order valence-corrected chi connectivity index (χ4v) is 0.727. The summed E-state index contributed by atoms with van der Waals surface area (Å²) in [6.07, 6.45) is 0.821. The predicted octanol–water partition coefficient (Wildman–Crippen LogP) is 0.966. The van der Waals surface area contributed by atoms with Crippen LogP contribution in [0.3, 0.4) is 0 Å². The summed E-state index contributed by atoms with van der Waals surface area (Å²) in [6.45, 7) is 4.82. The standard InChI is InChI=1S/C6H12O4S/c1-6(2,3)10-5(7)11(4,8)9/h1-4H3. The highest BCUT2D eigenvalue weighted by Gasteiger charge is 2.24. The van der Waals surface area contributed by atoms with Crippen LogP contribution in [0.25, 0.3) is 0 Å². The van der Waals surface area contributed by atoms with Gasteiger partial charge in [-0.25, -0.2) is 13.2 Å². The van der Waals surface area contributed by atoms with Gasteiger partial charge in [-0.05, 0) is 20.8 Å². The molecular weight excluding hydrogens is 168 g/mol. The molecule has 0 heterocycles. The van der Waals surface area contributed by atoms with Crippen LogP contribution in [0.1, 0.15) is 20.8 Å². The lowest BCUT2D eigenvalue weighted by Crippen LogP contribution is -2.27. The second kappa shape index (κ2) is 2.81. The summed E-state index contributed by atoms with van der Waals surface area (Å²) >= 11 is 0. The maximum Gasteiger partial charge on any atom is 0.425 e. The predicted molar refractivity (Wildman–Crippen MR) is 41.1 cm³/mol. The summed E-state index contributed by atoms with van der Waals surface area (Å²) in [5.41, 5.74) is -0.750. The first kappa shape index (κ1) is 10.4. The average Bonchev–Trinajstić information content (AvgIpc) is 1.56. The zero-order valence-corrected chi connectivity index (χ0v) is 7.86. The van der Waals surface area contributed by atoms with E-state index < -0.39 is 20.7 Å². The lowest BCUT2D eigenvalue weighted by molar-refractivity contribution is 0.0720. The smallest absolute Gasteiger partial charge is 0.425 e. The van der Waals surface area contributed by atoms with E-state index in [1.807, 2.05) is 0 Å². The highest BCUT2D eigenvalue weighted by Crippen LogP contribution is 2.09. The normalized spacial score (nSPS) is 12.7. The molecule has 4 nitrogen and oxygen atoms in total. The fraction of sp³-hybridized carbons (Fsp3) is 0.833. The topological polar surface area (TPSA) is 60.4 Å². The van der Waals surface area contributed by atoms with Gasteiger partial charge in [0.1, 0.15) is 5.60 Å². The Morgan fingerprint density at radius 3 is 1.73 bits per heavy atom. The Bertz CT molecular complexity index is 244. The maximum atomic E-state index is 10.7. The number of carbonyl (C=O) groups excluding carboxylic acids is 1. The lowest BCUT2D eigenvalue weighted by Gasteiger charge is -2.18. The molecule has 0 radical (unpaired) electrons. The Balaban J connectivity index is 4.35. The molecule has 66 valence electrons. The van der Waals surface area contributed by atoms with E-state index in [0.717, 1.165) is 6.26 Å². The minimum Gasteiger partial charge on any atom is -0.448 e. The largest absolute Gasteiger partial charge is 0.448 e. The molecular formula is C6H12O4S. The van der Waals surface area contributed by atoms with Gasteiger partial charge in [0, 0.05) is 0 Å². The molecule has 0 N–H and O–H groups in total. The molecule has 0 unspecified atom stereocenters. The summed E-state index contributed by atoms with van der Waals surface area (Å²) in [5, 5.41) is -1.18. The van der Waals surface area contributed by atoms with Gasteiger partial charge in [-0.15, -0.1) is 0 Å². The van der Waals surface area contributed by atoms with Gasteiger partial charge in [-0.2, -0.15) is 0 Å². The fourth-order valence-electron chi connectivity index (χ4n) is 0.326. The first-order valence-electron chi connectivity index (χ1n) is 3.06.